The molecule has 1 aliphatic rings. The van der Waals surface area contributed by atoms with Gasteiger partial charge in [0.25, 0.3) is 5.56 Å². The molecule has 0 aliphatic carbocycles. The Bertz CT molecular complexity index is 1370. The van der Waals surface area contributed by atoms with Gasteiger partial charge in [-0.15, -0.1) is 0 Å². The summed E-state index contributed by atoms with van der Waals surface area (Å²) in [6.07, 6.45) is 3.79. The zero-order valence-corrected chi connectivity index (χ0v) is 16.8. The number of ether oxygens (including phenoxy) is 2. The van der Waals surface area contributed by atoms with E-state index in [1.165, 1.54) is 5.56 Å². The number of aryl methyl sites for hydroxylation is 2. The topological polar surface area (TPSA) is 53.4 Å². The van der Waals surface area contributed by atoms with Gasteiger partial charge in [0.2, 0.25) is 6.79 Å². The molecule has 1 aliphatic heterocycles. The molecule has 0 radical (unpaired) electrons. The highest BCUT2D eigenvalue weighted by Crippen LogP contribution is 2.33. The van der Waals surface area contributed by atoms with E-state index in [2.05, 4.69) is 6.92 Å². The summed E-state index contributed by atoms with van der Waals surface area (Å²) in [7, 11) is 0. The molecule has 5 nitrogen and oxygen atoms in total. The largest absolute Gasteiger partial charge is 0.454 e. The van der Waals surface area contributed by atoms with E-state index in [1.54, 1.807) is 4.57 Å². The first-order valence-electron chi connectivity index (χ1n) is 9.77. The van der Waals surface area contributed by atoms with Gasteiger partial charge in [-0.2, -0.15) is 0 Å². The van der Waals surface area contributed by atoms with Gasteiger partial charge in [-0.05, 0) is 73.0 Å². The van der Waals surface area contributed by atoms with Crippen molar-refractivity contribution in [2.45, 2.75) is 13.8 Å². The van der Waals surface area contributed by atoms with Gasteiger partial charge in [0.15, 0.2) is 11.5 Å². The van der Waals surface area contributed by atoms with Crippen molar-refractivity contribution in [3.05, 3.63) is 93.5 Å². The molecule has 5 heteroatoms. The molecular formula is C25H20N2O3. The third-order valence-corrected chi connectivity index (χ3v) is 5.37. The molecule has 5 rings (SSSR count). The quantitative estimate of drug-likeness (QED) is 0.494. The molecule has 1 aromatic heterocycles. The molecule has 2 heterocycles. The Hall–Kier alpha value is -3.86. The number of para-hydroxylation sites is 1. The van der Waals surface area contributed by atoms with Gasteiger partial charge < -0.3 is 9.47 Å². The van der Waals surface area contributed by atoms with Crippen molar-refractivity contribution in [2.24, 2.45) is 0 Å². The Morgan fingerprint density at radius 1 is 0.900 bits per heavy atom. The van der Waals surface area contributed by atoms with Crippen molar-refractivity contribution in [1.82, 2.24) is 9.55 Å². The third kappa shape index (κ3) is 3.14. The maximum absolute atomic E-state index is 13.4. The summed E-state index contributed by atoms with van der Waals surface area (Å²) in [4.78, 5) is 18.1. The van der Waals surface area contributed by atoms with Gasteiger partial charge >= 0.3 is 0 Å². The van der Waals surface area contributed by atoms with Gasteiger partial charge in [-0.3, -0.25) is 9.36 Å². The van der Waals surface area contributed by atoms with Crippen LogP contribution in [0.4, 0.5) is 0 Å². The van der Waals surface area contributed by atoms with Crippen LogP contribution in [-0.2, 0) is 0 Å². The Labute approximate surface area is 173 Å². The smallest absolute Gasteiger partial charge is 0.266 e. The molecule has 0 saturated carbocycles. The fourth-order valence-corrected chi connectivity index (χ4v) is 3.56. The molecule has 0 amide bonds. The summed E-state index contributed by atoms with van der Waals surface area (Å²) in [6, 6.07) is 19.2. The highest BCUT2D eigenvalue weighted by atomic mass is 16.7. The van der Waals surface area contributed by atoms with Gasteiger partial charge in [-0.1, -0.05) is 30.3 Å². The second-order valence-corrected chi connectivity index (χ2v) is 7.34. The normalized spacial score (nSPS) is 12.7. The Balaban J connectivity index is 1.68. The lowest BCUT2D eigenvalue weighted by Gasteiger charge is -2.13. The van der Waals surface area contributed by atoms with Crippen LogP contribution >= 0.6 is 0 Å². The summed E-state index contributed by atoms with van der Waals surface area (Å²) >= 11 is 0. The molecule has 0 N–H and O–H groups in total. The van der Waals surface area contributed by atoms with Crippen molar-refractivity contribution in [3.63, 3.8) is 0 Å². The fourth-order valence-electron chi connectivity index (χ4n) is 3.56. The van der Waals surface area contributed by atoms with E-state index in [1.807, 2.05) is 79.7 Å². The lowest BCUT2D eigenvalue weighted by atomic mass is 10.1. The standard InChI is InChI=1S/C25H20N2O3/c1-16-7-10-19(13-17(16)2)27-24(26-21-6-4-3-5-20(21)25(27)28)12-9-18-8-11-22-23(14-18)30-15-29-22/h3-14H,15H2,1-2H3/b12-9+. The zero-order valence-electron chi connectivity index (χ0n) is 16.8. The van der Waals surface area contributed by atoms with Gasteiger partial charge in [0.05, 0.1) is 16.6 Å². The highest BCUT2D eigenvalue weighted by Gasteiger charge is 2.14. The van der Waals surface area contributed by atoms with Crippen LogP contribution in [0.1, 0.15) is 22.5 Å². The number of nitrogens with zero attached hydrogens (tertiary/aromatic N) is 2. The average Bonchev–Trinajstić information content (AvgIpc) is 3.22. The van der Waals surface area contributed by atoms with E-state index < -0.39 is 0 Å². The molecule has 148 valence electrons. The van der Waals surface area contributed by atoms with Gasteiger partial charge in [0.1, 0.15) is 5.82 Å². The lowest BCUT2D eigenvalue weighted by molar-refractivity contribution is 0.174. The van der Waals surface area contributed by atoms with E-state index in [4.69, 9.17) is 14.5 Å². The third-order valence-electron chi connectivity index (χ3n) is 5.37. The molecule has 0 unspecified atom stereocenters. The minimum Gasteiger partial charge on any atom is -0.454 e. The first-order valence-corrected chi connectivity index (χ1v) is 9.77. The SMILES string of the molecule is Cc1ccc(-n2c(/C=C/c3ccc4c(c3)OCO4)nc3ccccc3c2=O)cc1C. The molecule has 4 aromatic rings. The Morgan fingerprint density at radius 2 is 1.73 bits per heavy atom. The molecule has 3 aromatic carbocycles. The Morgan fingerprint density at radius 3 is 2.60 bits per heavy atom. The van der Waals surface area contributed by atoms with E-state index >= 15 is 0 Å². The monoisotopic (exact) mass is 396 g/mol. The zero-order chi connectivity index (χ0) is 20.7. The lowest BCUT2D eigenvalue weighted by Crippen LogP contribution is -2.22. The van der Waals surface area contributed by atoms with Gasteiger partial charge in [0, 0.05) is 0 Å². The van der Waals surface area contributed by atoms with Crippen LogP contribution in [0, 0.1) is 13.8 Å². The van der Waals surface area contributed by atoms with Crippen molar-refractivity contribution >= 4 is 23.1 Å². The fraction of sp³-hybridized carbons (Fsp3) is 0.120. The first kappa shape index (κ1) is 18.2. The summed E-state index contributed by atoms with van der Waals surface area (Å²) in [5, 5.41) is 0.593. The maximum atomic E-state index is 13.4. The maximum Gasteiger partial charge on any atom is 0.266 e. The van der Waals surface area contributed by atoms with Crippen molar-refractivity contribution < 1.29 is 9.47 Å². The first-order chi connectivity index (χ1) is 14.6. The van der Waals surface area contributed by atoms with Crippen LogP contribution in [0.2, 0.25) is 0 Å². The van der Waals surface area contributed by atoms with E-state index in [0.29, 0.717) is 16.7 Å². The number of aromatic nitrogens is 2. The second kappa shape index (κ2) is 7.19. The van der Waals surface area contributed by atoms with Crippen LogP contribution in [0.5, 0.6) is 11.5 Å². The number of hydrogen-bond donors (Lipinski definition) is 0. The Kier molecular flexibility index (Phi) is 4.36. The number of benzene rings is 3. The average molecular weight is 396 g/mol. The van der Waals surface area contributed by atoms with Crippen LogP contribution in [0.3, 0.4) is 0 Å². The minimum atomic E-state index is -0.0887. The molecule has 30 heavy (non-hydrogen) atoms. The van der Waals surface area contributed by atoms with E-state index in [9.17, 15) is 4.79 Å². The molecule has 0 bridgehead atoms. The predicted octanol–water partition coefficient (Wildman–Crippen LogP) is 4.90. The number of hydrogen-bond acceptors (Lipinski definition) is 4. The highest BCUT2D eigenvalue weighted by molar-refractivity contribution is 5.80. The van der Waals surface area contributed by atoms with Crippen LogP contribution < -0.4 is 15.0 Å². The molecule has 0 saturated heterocycles. The second-order valence-electron chi connectivity index (χ2n) is 7.34. The van der Waals surface area contributed by atoms with E-state index in [0.717, 1.165) is 28.3 Å². The molecule has 0 spiro atoms. The van der Waals surface area contributed by atoms with Crippen molar-refractivity contribution in [3.8, 4) is 17.2 Å². The van der Waals surface area contributed by atoms with Crippen LogP contribution in [0.15, 0.2) is 65.5 Å². The number of fused-ring (bicyclic) bond motifs is 2. The van der Waals surface area contributed by atoms with Crippen molar-refractivity contribution in [1.29, 1.82) is 0 Å². The van der Waals surface area contributed by atoms with Crippen LogP contribution in [-0.4, -0.2) is 16.3 Å². The minimum absolute atomic E-state index is 0.0887. The number of rotatable bonds is 3. The molecule has 0 fully saturated rings. The molecule has 0 atom stereocenters. The summed E-state index contributed by atoms with van der Waals surface area (Å²) in [5.41, 5.74) is 4.62. The van der Waals surface area contributed by atoms with Crippen molar-refractivity contribution in [2.75, 3.05) is 6.79 Å². The van der Waals surface area contributed by atoms with Crippen LogP contribution in [0.25, 0.3) is 28.7 Å². The summed E-state index contributed by atoms with van der Waals surface area (Å²) in [6.45, 7) is 4.34. The van der Waals surface area contributed by atoms with E-state index in [-0.39, 0.29) is 12.4 Å². The summed E-state index contributed by atoms with van der Waals surface area (Å²) < 4.78 is 12.5. The van der Waals surface area contributed by atoms with Gasteiger partial charge in [-0.25, -0.2) is 4.98 Å². The molecular weight excluding hydrogens is 376 g/mol. The summed E-state index contributed by atoms with van der Waals surface area (Å²) in [5.74, 6) is 2.03. The predicted molar refractivity (Wildman–Crippen MR) is 118 cm³/mol.